The van der Waals surface area contributed by atoms with Crippen LogP contribution in [0.25, 0.3) is 0 Å². The van der Waals surface area contributed by atoms with Gasteiger partial charge in [-0.2, -0.15) is 5.26 Å². The van der Waals surface area contributed by atoms with Crippen LogP contribution in [-0.2, 0) is 22.6 Å². The predicted octanol–water partition coefficient (Wildman–Crippen LogP) is 2.71. The minimum Gasteiger partial charge on any atom is -0.337 e. The summed E-state index contributed by atoms with van der Waals surface area (Å²) in [6.45, 7) is 2.87. The van der Waals surface area contributed by atoms with Crippen molar-refractivity contribution in [3.8, 4) is 6.07 Å². The lowest BCUT2D eigenvalue weighted by molar-refractivity contribution is -0.129. The molecule has 1 N–H and O–H groups in total. The predicted molar refractivity (Wildman–Crippen MR) is 91.2 cm³/mol. The van der Waals surface area contributed by atoms with E-state index in [9.17, 15) is 9.59 Å². The maximum atomic E-state index is 12.4. The normalized spacial score (nSPS) is 22.8. The van der Waals surface area contributed by atoms with Crippen molar-refractivity contribution in [2.45, 2.75) is 52.0 Å². The molecular formula is C17H22N4O2S. The molecule has 7 heteroatoms. The van der Waals surface area contributed by atoms with E-state index in [1.54, 1.807) is 6.92 Å². The van der Waals surface area contributed by atoms with E-state index in [4.69, 9.17) is 5.26 Å². The Morgan fingerprint density at radius 3 is 3.04 bits per heavy atom. The van der Waals surface area contributed by atoms with Crippen molar-refractivity contribution in [2.75, 3.05) is 11.9 Å². The van der Waals surface area contributed by atoms with Crippen LogP contribution in [0.4, 0.5) is 5.13 Å². The van der Waals surface area contributed by atoms with E-state index in [1.165, 1.54) is 11.3 Å². The van der Waals surface area contributed by atoms with Crippen molar-refractivity contribution >= 4 is 28.3 Å². The van der Waals surface area contributed by atoms with Gasteiger partial charge in [-0.15, -0.1) is 0 Å². The molecule has 2 aliphatic rings. The van der Waals surface area contributed by atoms with E-state index in [0.29, 0.717) is 30.6 Å². The number of nitrogens with one attached hydrogen (secondary N) is 1. The molecule has 1 unspecified atom stereocenters. The maximum Gasteiger partial charge on any atom is 0.229 e. The highest BCUT2D eigenvalue weighted by atomic mass is 32.1. The minimum atomic E-state index is 0.0309. The highest BCUT2D eigenvalue weighted by Gasteiger charge is 2.30. The number of rotatable bonds is 4. The second kappa shape index (κ2) is 7.31. The van der Waals surface area contributed by atoms with Crippen molar-refractivity contribution in [1.29, 1.82) is 5.26 Å². The number of nitrogens with zero attached hydrogens (tertiary/aromatic N) is 3. The molecule has 3 rings (SSSR count). The summed E-state index contributed by atoms with van der Waals surface area (Å²) in [6, 6.07) is 2.18. The SMILES string of the molecule is CC(=O)N1CCc2nc(NC(=O)[C@H]3CCC(CCC#N)C3)sc2C1. The number of amides is 2. The van der Waals surface area contributed by atoms with Gasteiger partial charge in [0.1, 0.15) is 0 Å². The van der Waals surface area contributed by atoms with Gasteiger partial charge in [0.05, 0.1) is 18.3 Å². The molecule has 0 saturated heterocycles. The molecule has 1 fully saturated rings. The first-order valence-corrected chi connectivity index (χ1v) is 9.30. The van der Waals surface area contributed by atoms with Crippen LogP contribution in [0.3, 0.4) is 0 Å². The van der Waals surface area contributed by atoms with E-state index in [-0.39, 0.29) is 17.7 Å². The van der Waals surface area contributed by atoms with Gasteiger partial charge in [-0.05, 0) is 31.6 Å². The van der Waals surface area contributed by atoms with E-state index in [2.05, 4.69) is 16.4 Å². The van der Waals surface area contributed by atoms with Crippen LogP contribution in [0.1, 0.15) is 49.6 Å². The van der Waals surface area contributed by atoms with Gasteiger partial charge in [0, 0.05) is 37.1 Å². The van der Waals surface area contributed by atoms with E-state index in [0.717, 1.165) is 42.7 Å². The molecule has 0 radical (unpaired) electrons. The summed E-state index contributed by atoms with van der Waals surface area (Å²) in [5, 5.41) is 12.3. The standard InChI is InChI=1S/C17H22N4O2S/c1-11(22)21-8-6-14-15(10-21)24-17(19-14)20-16(23)13-5-4-12(9-13)3-2-7-18/h12-13H,2-6,8-10H2,1H3,(H,19,20,23)/t12?,13-/m0/s1. The zero-order valence-corrected chi connectivity index (χ0v) is 14.7. The summed E-state index contributed by atoms with van der Waals surface area (Å²) in [7, 11) is 0. The second-order valence-electron chi connectivity index (χ2n) is 6.64. The zero-order chi connectivity index (χ0) is 17.1. The number of aromatic nitrogens is 1. The van der Waals surface area contributed by atoms with Crippen molar-refractivity contribution in [3.63, 3.8) is 0 Å². The molecule has 1 aromatic heterocycles. The van der Waals surface area contributed by atoms with Crippen molar-refractivity contribution in [3.05, 3.63) is 10.6 Å². The van der Waals surface area contributed by atoms with Gasteiger partial charge < -0.3 is 10.2 Å². The molecule has 1 saturated carbocycles. The molecule has 2 heterocycles. The highest BCUT2D eigenvalue weighted by Crippen LogP contribution is 2.35. The highest BCUT2D eigenvalue weighted by molar-refractivity contribution is 7.15. The number of carbonyl (C=O) groups is 2. The lowest BCUT2D eigenvalue weighted by atomic mass is 10.00. The van der Waals surface area contributed by atoms with Crippen LogP contribution < -0.4 is 5.32 Å². The van der Waals surface area contributed by atoms with Crippen LogP contribution in [0.15, 0.2) is 0 Å². The lowest BCUT2D eigenvalue weighted by Gasteiger charge is -2.24. The molecule has 24 heavy (non-hydrogen) atoms. The van der Waals surface area contributed by atoms with Crippen LogP contribution in [0.2, 0.25) is 0 Å². The largest absolute Gasteiger partial charge is 0.337 e. The minimum absolute atomic E-state index is 0.0309. The van der Waals surface area contributed by atoms with Gasteiger partial charge >= 0.3 is 0 Å². The van der Waals surface area contributed by atoms with Gasteiger partial charge in [-0.25, -0.2) is 4.98 Å². The molecule has 2 amide bonds. The Bertz CT molecular complexity index is 679. The fraction of sp³-hybridized carbons (Fsp3) is 0.647. The molecule has 0 aromatic carbocycles. The molecule has 1 aliphatic heterocycles. The number of anilines is 1. The monoisotopic (exact) mass is 346 g/mol. The number of hydrogen-bond donors (Lipinski definition) is 1. The first kappa shape index (κ1) is 16.9. The van der Waals surface area contributed by atoms with Crippen molar-refractivity contribution in [2.24, 2.45) is 11.8 Å². The summed E-state index contributed by atoms with van der Waals surface area (Å²) in [4.78, 5) is 31.4. The van der Waals surface area contributed by atoms with Gasteiger partial charge in [0.2, 0.25) is 11.8 Å². The van der Waals surface area contributed by atoms with Crippen LogP contribution in [-0.4, -0.2) is 28.2 Å². The third-order valence-corrected chi connectivity index (χ3v) is 5.98. The van der Waals surface area contributed by atoms with E-state index >= 15 is 0 Å². The first-order chi connectivity index (χ1) is 11.6. The average molecular weight is 346 g/mol. The van der Waals surface area contributed by atoms with Gasteiger partial charge in [-0.1, -0.05) is 11.3 Å². The fourth-order valence-electron chi connectivity index (χ4n) is 3.57. The Morgan fingerprint density at radius 2 is 2.29 bits per heavy atom. The molecule has 0 spiro atoms. The summed E-state index contributed by atoms with van der Waals surface area (Å²) in [6.07, 6.45) is 5.02. The maximum absolute atomic E-state index is 12.4. The Hall–Kier alpha value is -1.94. The summed E-state index contributed by atoms with van der Waals surface area (Å²) in [5.74, 6) is 0.648. The molecule has 1 aliphatic carbocycles. The average Bonchev–Trinajstić information content (AvgIpc) is 3.18. The molecule has 0 bridgehead atoms. The Kier molecular flexibility index (Phi) is 5.14. The van der Waals surface area contributed by atoms with E-state index < -0.39 is 0 Å². The van der Waals surface area contributed by atoms with E-state index in [1.807, 2.05) is 4.90 Å². The number of carbonyl (C=O) groups excluding carboxylic acids is 2. The second-order valence-corrected chi connectivity index (χ2v) is 7.73. The molecular weight excluding hydrogens is 324 g/mol. The molecule has 128 valence electrons. The van der Waals surface area contributed by atoms with Gasteiger partial charge in [0.25, 0.3) is 0 Å². The van der Waals surface area contributed by atoms with Crippen molar-refractivity contribution < 1.29 is 9.59 Å². The number of nitriles is 1. The van der Waals surface area contributed by atoms with Gasteiger partial charge in [-0.3, -0.25) is 9.59 Å². The number of thiazole rings is 1. The van der Waals surface area contributed by atoms with Crippen LogP contribution in [0.5, 0.6) is 0 Å². The number of hydrogen-bond acceptors (Lipinski definition) is 5. The quantitative estimate of drug-likeness (QED) is 0.908. The topological polar surface area (TPSA) is 86.1 Å². The zero-order valence-electron chi connectivity index (χ0n) is 13.9. The summed E-state index contributed by atoms with van der Waals surface area (Å²) >= 11 is 1.48. The molecule has 2 atom stereocenters. The summed E-state index contributed by atoms with van der Waals surface area (Å²) in [5.41, 5.74) is 1.01. The van der Waals surface area contributed by atoms with Crippen LogP contribution >= 0.6 is 11.3 Å². The Morgan fingerprint density at radius 1 is 1.46 bits per heavy atom. The number of fused-ring (bicyclic) bond motifs is 1. The fourth-order valence-corrected chi connectivity index (χ4v) is 4.60. The lowest BCUT2D eigenvalue weighted by Crippen LogP contribution is -2.33. The Labute approximate surface area is 145 Å². The smallest absolute Gasteiger partial charge is 0.229 e. The summed E-state index contributed by atoms with van der Waals surface area (Å²) < 4.78 is 0. The van der Waals surface area contributed by atoms with Crippen LogP contribution in [0, 0.1) is 23.2 Å². The third kappa shape index (κ3) is 3.75. The molecule has 6 nitrogen and oxygen atoms in total. The first-order valence-electron chi connectivity index (χ1n) is 8.48. The molecule has 1 aromatic rings. The Balaban J connectivity index is 1.57. The van der Waals surface area contributed by atoms with Crippen molar-refractivity contribution in [1.82, 2.24) is 9.88 Å². The van der Waals surface area contributed by atoms with Gasteiger partial charge in [0.15, 0.2) is 5.13 Å². The third-order valence-electron chi connectivity index (χ3n) is 4.98.